The largest absolute Gasteiger partial charge is 0.354 e. The van der Waals surface area contributed by atoms with Gasteiger partial charge in [0.1, 0.15) is 0 Å². The highest BCUT2D eigenvalue weighted by atomic mass is 32.1. The van der Waals surface area contributed by atoms with Crippen LogP contribution in [0.3, 0.4) is 0 Å². The number of thiazole rings is 1. The van der Waals surface area contributed by atoms with Gasteiger partial charge in [-0.1, -0.05) is 13.3 Å². The monoisotopic (exact) mass is 239 g/mol. The summed E-state index contributed by atoms with van der Waals surface area (Å²) < 4.78 is 0. The molecule has 2 rings (SSSR count). The molecular weight excluding hydrogens is 218 g/mol. The molecule has 0 amide bonds. The summed E-state index contributed by atoms with van der Waals surface area (Å²) in [5.41, 5.74) is 0.565. The Balaban J connectivity index is 1.76. The summed E-state index contributed by atoms with van der Waals surface area (Å²) in [5.74, 6) is 0. The van der Waals surface area contributed by atoms with Gasteiger partial charge in [-0.3, -0.25) is 0 Å². The van der Waals surface area contributed by atoms with Gasteiger partial charge in [0, 0.05) is 38.3 Å². The molecule has 0 spiro atoms. The third-order valence-corrected chi connectivity index (χ3v) is 4.50. The van der Waals surface area contributed by atoms with Crippen LogP contribution in [0.2, 0.25) is 0 Å². The molecule has 3 nitrogen and oxygen atoms in total. The summed E-state index contributed by atoms with van der Waals surface area (Å²) in [6.07, 6.45) is 6.15. The van der Waals surface area contributed by atoms with Gasteiger partial charge < -0.3 is 10.2 Å². The van der Waals surface area contributed by atoms with E-state index in [0.717, 1.165) is 18.2 Å². The highest BCUT2D eigenvalue weighted by Crippen LogP contribution is 2.39. The van der Waals surface area contributed by atoms with Gasteiger partial charge in [-0.2, -0.15) is 0 Å². The van der Waals surface area contributed by atoms with E-state index < -0.39 is 0 Å². The fourth-order valence-electron chi connectivity index (χ4n) is 2.03. The Morgan fingerprint density at radius 2 is 2.25 bits per heavy atom. The molecule has 1 saturated carbocycles. The topological polar surface area (TPSA) is 28.2 Å². The fourth-order valence-corrected chi connectivity index (χ4v) is 2.83. The van der Waals surface area contributed by atoms with Crippen molar-refractivity contribution in [1.82, 2.24) is 10.3 Å². The van der Waals surface area contributed by atoms with Crippen LogP contribution in [0.25, 0.3) is 0 Å². The van der Waals surface area contributed by atoms with Crippen molar-refractivity contribution in [3.05, 3.63) is 11.1 Å². The van der Waals surface area contributed by atoms with Crippen LogP contribution in [0.5, 0.6) is 0 Å². The molecule has 1 aliphatic rings. The van der Waals surface area contributed by atoms with Gasteiger partial charge in [0.2, 0.25) is 0 Å². The van der Waals surface area contributed by atoms with E-state index >= 15 is 0 Å². The molecule has 1 aliphatic carbocycles. The van der Waals surface area contributed by atoms with E-state index in [1.54, 1.807) is 11.3 Å². The van der Waals surface area contributed by atoms with Crippen LogP contribution in [0.1, 0.15) is 31.1 Å². The minimum Gasteiger partial charge on any atom is -0.354 e. The van der Waals surface area contributed by atoms with E-state index in [9.17, 15) is 0 Å². The van der Waals surface area contributed by atoms with Crippen molar-refractivity contribution in [3.63, 3.8) is 0 Å². The van der Waals surface area contributed by atoms with E-state index in [2.05, 4.69) is 22.1 Å². The first-order valence-electron chi connectivity index (χ1n) is 5.92. The van der Waals surface area contributed by atoms with Gasteiger partial charge >= 0.3 is 0 Å². The molecule has 16 heavy (non-hydrogen) atoms. The van der Waals surface area contributed by atoms with E-state index in [-0.39, 0.29) is 0 Å². The number of rotatable bonds is 5. The van der Waals surface area contributed by atoms with E-state index in [0.29, 0.717) is 5.41 Å². The first-order chi connectivity index (χ1) is 7.59. The van der Waals surface area contributed by atoms with Crippen LogP contribution in [0.4, 0.5) is 5.13 Å². The summed E-state index contributed by atoms with van der Waals surface area (Å²) in [4.78, 5) is 7.75. The van der Waals surface area contributed by atoms with Crippen molar-refractivity contribution in [3.8, 4) is 0 Å². The lowest BCUT2D eigenvalue weighted by Crippen LogP contribution is -2.36. The third-order valence-electron chi connectivity index (χ3n) is 3.34. The molecule has 0 radical (unpaired) electrons. The molecule has 1 N–H and O–H groups in total. The fraction of sp³-hybridized carbons (Fsp3) is 0.750. The maximum atomic E-state index is 4.37. The van der Waals surface area contributed by atoms with Crippen LogP contribution in [-0.4, -0.2) is 25.6 Å². The summed E-state index contributed by atoms with van der Waals surface area (Å²) >= 11 is 1.77. The SMILES string of the molecule is CN(C)c1ncc(CNCC2(C)CCC2)s1. The van der Waals surface area contributed by atoms with Crippen LogP contribution in [0, 0.1) is 5.41 Å². The second-order valence-electron chi connectivity index (χ2n) is 5.27. The molecule has 0 saturated heterocycles. The number of anilines is 1. The minimum absolute atomic E-state index is 0.565. The first-order valence-corrected chi connectivity index (χ1v) is 6.73. The second kappa shape index (κ2) is 4.72. The van der Waals surface area contributed by atoms with Gasteiger partial charge in [-0.15, -0.1) is 11.3 Å². The second-order valence-corrected chi connectivity index (χ2v) is 6.36. The van der Waals surface area contributed by atoms with Crippen LogP contribution < -0.4 is 10.2 Å². The van der Waals surface area contributed by atoms with Gasteiger partial charge in [0.25, 0.3) is 0 Å². The molecule has 0 atom stereocenters. The van der Waals surface area contributed by atoms with E-state index in [1.165, 1.54) is 24.1 Å². The Hall–Kier alpha value is -0.610. The molecule has 1 aromatic heterocycles. The standard InChI is InChI=1S/C12H21N3S/c1-12(5-4-6-12)9-13-7-10-8-14-11(16-10)15(2)3/h8,13H,4-7,9H2,1-3H3. The van der Waals surface area contributed by atoms with Crippen molar-refractivity contribution >= 4 is 16.5 Å². The van der Waals surface area contributed by atoms with E-state index in [1.807, 2.05) is 20.3 Å². The Kier molecular flexibility index (Phi) is 3.50. The Bertz CT molecular complexity index is 342. The quantitative estimate of drug-likeness (QED) is 0.855. The predicted molar refractivity (Wildman–Crippen MR) is 70.1 cm³/mol. The maximum Gasteiger partial charge on any atom is 0.185 e. The zero-order valence-electron chi connectivity index (χ0n) is 10.4. The van der Waals surface area contributed by atoms with Gasteiger partial charge in [0.15, 0.2) is 5.13 Å². The van der Waals surface area contributed by atoms with Crippen molar-refractivity contribution in [2.75, 3.05) is 25.5 Å². The average molecular weight is 239 g/mol. The molecule has 1 aromatic rings. The van der Waals surface area contributed by atoms with Crippen LogP contribution >= 0.6 is 11.3 Å². The van der Waals surface area contributed by atoms with Crippen LogP contribution in [-0.2, 0) is 6.54 Å². The minimum atomic E-state index is 0.565. The first kappa shape index (κ1) is 11.9. The normalized spacial score (nSPS) is 18.2. The molecule has 90 valence electrons. The summed E-state index contributed by atoms with van der Waals surface area (Å²) in [5, 5.41) is 4.64. The third kappa shape index (κ3) is 2.74. The molecule has 0 unspecified atom stereocenters. The Labute approximate surface area is 102 Å². The number of hydrogen-bond donors (Lipinski definition) is 1. The molecule has 4 heteroatoms. The lowest BCUT2D eigenvalue weighted by atomic mass is 9.70. The Morgan fingerprint density at radius 3 is 2.75 bits per heavy atom. The molecule has 1 fully saturated rings. The molecular formula is C12H21N3S. The summed E-state index contributed by atoms with van der Waals surface area (Å²) in [6, 6.07) is 0. The zero-order valence-corrected chi connectivity index (χ0v) is 11.2. The molecule has 1 heterocycles. The number of nitrogens with zero attached hydrogens (tertiary/aromatic N) is 2. The van der Waals surface area contributed by atoms with Crippen molar-refractivity contribution in [1.29, 1.82) is 0 Å². The van der Waals surface area contributed by atoms with Crippen molar-refractivity contribution in [2.45, 2.75) is 32.7 Å². The van der Waals surface area contributed by atoms with Gasteiger partial charge in [-0.05, 0) is 18.3 Å². The summed E-state index contributed by atoms with van der Waals surface area (Å²) in [7, 11) is 4.07. The number of hydrogen-bond acceptors (Lipinski definition) is 4. The molecule has 0 aliphatic heterocycles. The summed E-state index contributed by atoms with van der Waals surface area (Å²) in [6.45, 7) is 4.48. The van der Waals surface area contributed by atoms with Gasteiger partial charge in [-0.25, -0.2) is 4.98 Å². The highest BCUT2D eigenvalue weighted by Gasteiger charge is 2.30. The molecule has 0 bridgehead atoms. The maximum absolute atomic E-state index is 4.37. The lowest BCUT2D eigenvalue weighted by molar-refractivity contribution is 0.156. The van der Waals surface area contributed by atoms with Crippen LogP contribution in [0.15, 0.2) is 6.20 Å². The predicted octanol–water partition coefficient (Wildman–Crippen LogP) is 2.49. The Morgan fingerprint density at radius 1 is 1.50 bits per heavy atom. The van der Waals surface area contributed by atoms with E-state index in [4.69, 9.17) is 0 Å². The van der Waals surface area contributed by atoms with Gasteiger partial charge in [0.05, 0.1) is 0 Å². The zero-order chi connectivity index (χ0) is 11.6. The number of nitrogens with one attached hydrogen (secondary N) is 1. The number of aromatic nitrogens is 1. The van der Waals surface area contributed by atoms with Crippen molar-refractivity contribution in [2.24, 2.45) is 5.41 Å². The lowest BCUT2D eigenvalue weighted by Gasteiger charge is -2.38. The average Bonchev–Trinajstić information content (AvgIpc) is 2.64. The van der Waals surface area contributed by atoms with Crippen molar-refractivity contribution < 1.29 is 0 Å². The highest BCUT2D eigenvalue weighted by molar-refractivity contribution is 7.15. The molecule has 0 aromatic carbocycles. The smallest absolute Gasteiger partial charge is 0.185 e.